The molecule has 1 heterocycles. The zero-order valence-electron chi connectivity index (χ0n) is 9.66. The summed E-state index contributed by atoms with van der Waals surface area (Å²) in [5, 5.41) is 2.70. The number of carbonyl (C=O) groups is 2. The zero-order valence-corrected chi connectivity index (χ0v) is 10.5. The van der Waals surface area contributed by atoms with Gasteiger partial charge in [0.15, 0.2) is 0 Å². The van der Waals surface area contributed by atoms with E-state index < -0.39 is 5.54 Å². The Kier molecular flexibility index (Phi) is 3.65. The maximum Gasteiger partial charge on any atom is 0.248 e. The first-order valence-corrected chi connectivity index (χ1v) is 6.39. The highest BCUT2D eigenvalue weighted by Gasteiger charge is 2.40. The van der Waals surface area contributed by atoms with Gasteiger partial charge in [0.2, 0.25) is 11.8 Å². The van der Waals surface area contributed by atoms with Gasteiger partial charge < -0.3 is 10.2 Å². The van der Waals surface area contributed by atoms with Crippen LogP contribution in [0.3, 0.4) is 0 Å². The molecule has 1 aliphatic heterocycles. The molecule has 1 atom stereocenters. The molecular formula is C10H18N2O2S. The van der Waals surface area contributed by atoms with E-state index in [1.54, 1.807) is 30.5 Å². The maximum absolute atomic E-state index is 12.0. The Balaban J connectivity index is 2.79. The molecule has 0 aliphatic carbocycles. The number of piperazine rings is 1. The fourth-order valence-corrected chi connectivity index (χ4v) is 2.38. The second-order valence-electron chi connectivity index (χ2n) is 4.41. The molecule has 86 valence electrons. The van der Waals surface area contributed by atoms with Gasteiger partial charge in [0.25, 0.3) is 0 Å². The summed E-state index contributed by atoms with van der Waals surface area (Å²) in [6.45, 7) is 5.64. The Labute approximate surface area is 94.8 Å². The van der Waals surface area contributed by atoms with Crippen LogP contribution in [0.15, 0.2) is 0 Å². The van der Waals surface area contributed by atoms with E-state index in [9.17, 15) is 9.59 Å². The molecule has 2 amide bonds. The molecule has 1 unspecified atom stereocenters. The molecule has 0 spiro atoms. The first kappa shape index (κ1) is 12.4. The molecule has 1 aliphatic rings. The Bertz CT molecular complexity index is 279. The van der Waals surface area contributed by atoms with Gasteiger partial charge in [-0.2, -0.15) is 11.8 Å². The fourth-order valence-electron chi connectivity index (χ4n) is 1.71. The van der Waals surface area contributed by atoms with Crippen molar-refractivity contribution in [2.24, 2.45) is 0 Å². The minimum absolute atomic E-state index is 0.00338. The highest BCUT2D eigenvalue weighted by Crippen LogP contribution is 2.17. The van der Waals surface area contributed by atoms with Crippen molar-refractivity contribution in [3.05, 3.63) is 0 Å². The second kappa shape index (κ2) is 4.43. The molecule has 5 heteroatoms. The quantitative estimate of drug-likeness (QED) is 0.767. The predicted molar refractivity (Wildman–Crippen MR) is 61.8 cm³/mol. The second-order valence-corrected chi connectivity index (χ2v) is 5.32. The van der Waals surface area contributed by atoms with E-state index in [4.69, 9.17) is 0 Å². The van der Waals surface area contributed by atoms with E-state index in [-0.39, 0.29) is 24.4 Å². The van der Waals surface area contributed by atoms with E-state index >= 15 is 0 Å². The molecule has 0 bridgehead atoms. The van der Waals surface area contributed by atoms with Crippen LogP contribution in [-0.2, 0) is 9.59 Å². The van der Waals surface area contributed by atoms with E-state index in [0.29, 0.717) is 0 Å². The predicted octanol–water partition coefficient (Wildman–Crippen LogP) is 0.475. The third-order valence-electron chi connectivity index (χ3n) is 2.50. The van der Waals surface area contributed by atoms with E-state index in [1.165, 1.54) is 0 Å². The van der Waals surface area contributed by atoms with E-state index in [2.05, 4.69) is 5.32 Å². The summed E-state index contributed by atoms with van der Waals surface area (Å²) in [7, 11) is 0. The summed E-state index contributed by atoms with van der Waals surface area (Å²) < 4.78 is 0. The molecule has 0 aromatic rings. The van der Waals surface area contributed by atoms with Crippen molar-refractivity contribution in [1.29, 1.82) is 0 Å². The van der Waals surface area contributed by atoms with Gasteiger partial charge in [-0.1, -0.05) is 0 Å². The molecule has 1 N–H and O–H groups in total. The van der Waals surface area contributed by atoms with E-state index in [1.807, 2.05) is 13.2 Å². The number of thioether (sulfide) groups is 1. The monoisotopic (exact) mass is 230 g/mol. The summed E-state index contributed by atoms with van der Waals surface area (Å²) in [6.07, 6.45) is 2.00. The minimum atomic E-state index is -0.762. The van der Waals surface area contributed by atoms with Crippen LogP contribution in [0.1, 0.15) is 20.8 Å². The summed E-state index contributed by atoms with van der Waals surface area (Å²) >= 11 is 1.68. The summed E-state index contributed by atoms with van der Waals surface area (Å²) in [6, 6.07) is 0.109. The lowest BCUT2D eigenvalue weighted by atomic mass is 9.99. The Hall–Kier alpha value is -0.710. The molecule has 4 nitrogen and oxygen atoms in total. The van der Waals surface area contributed by atoms with Crippen LogP contribution in [0.2, 0.25) is 0 Å². The van der Waals surface area contributed by atoms with Gasteiger partial charge in [0, 0.05) is 11.8 Å². The Morgan fingerprint density at radius 2 is 2.13 bits per heavy atom. The highest BCUT2D eigenvalue weighted by atomic mass is 32.2. The van der Waals surface area contributed by atoms with E-state index in [0.717, 1.165) is 5.75 Å². The first-order chi connectivity index (χ1) is 6.88. The number of hydrogen-bond acceptors (Lipinski definition) is 3. The average Bonchev–Trinajstić information content (AvgIpc) is 2.10. The lowest BCUT2D eigenvalue weighted by molar-refractivity contribution is -0.150. The van der Waals surface area contributed by atoms with Crippen LogP contribution in [0.5, 0.6) is 0 Å². The standard InChI is InChI=1S/C10H18N2O2S/c1-7(6-15-4)12-5-8(13)11-10(2,3)9(12)14/h7H,5-6H2,1-4H3,(H,11,13). The van der Waals surface area contributed by atoms with Crippen molar-refractivity contribution in [2.75, 3.05) is 18.6 Å². The third kappa shape index (κ3) is 2.65. The molecule has 1 fully saturated rings. The molecule has 0 radical (unpaired) electrons. The van der Waals surface area contributed by atoms with Crippen molar-refractivity contribution in [3.63, 3.8) is 0 Å². The van der Waals surface area contributed by atoms with Gasteiger partial charge in [-0.05, 0) is 27.0 Å². The summed E-state index contributed by atoms with van der Waals surface area (Å²) in [4.78, 5) is 25.1. The number of carbonyl (C=O) groups excluding carboxylic acids is 2. The lowest BCUT2D eigenvalue weighted by Crippen LogP contribution is -2.65. The zero-order chi connectivity index (χ0) is 11.6. The van der Waals surface area contributed by atoms with Crippen molar-refractivity contribution in [3.8, 4) is 0 Å². The minimum Gasteiger partial charge on any atom is -0.341 e. The lowest BCUT2D eigenvalue weighted by Gasteiger charge is -2.40. The number of hydrogen-bond donors (Lipinski definition) is 1. The Morgan fingerprint density at radius 1 is 1.53 bits per heavy atom. The van der Waals surface area contributed by atoms with Crippen LogP contribution in [0.4, 0.5) is 0 Å². The molecule has 0 aromatic heterocycles. The first-order valence-electron chi connectivity index (χ1n) is 4.99. The summed E-state index contributed by atoms with van der Waals surface area (Å²) in [5.41, 5.74) is -0.762. The van der Waals surface area contributed by atoms with Crippen LogP contribution in [0, 0.1) is 0 Å². The maximum atomic E-state index is 12.0. The number of nitrogens with zero attached hydrogens (tertiary/aromatic N) is 1. The molecular weight excluding hydrogens is 212 g/mol. The van der Waals surface area contributed by atoms with Gasteiger partial charge >= 0.3 is 0 Å². The Morgan fingerprint density at radius 3 is 2.67 bits per heavy atom. The molecule has 15 heavy (non-hydrogen) atoms. The summed E-state index contributed by atoms with van der Waals surface area (Å²) in [5.74, 6) is 0.783. The van der Waals surface area contributed by atoms with Gasteiger partial charge in [-0.25, -0.2) is 0 Å². The topological polar surface area (TPSA) is 49.4 Å². The number of nitrogens with one attached hydrogen (secondary N) is 1. The van der Waals surface area contributed by atoms with Gasteiger partial charge in [-0.15, -0.1) is 0 Å². The SMILES string of the molecule is CSCC(C)N1CC(=O)NC(C)(C)C1=O. The normalized spacial score (nSPS) is 22.5. The van der Waals surface area contributed by atoms with Crippen LogP contribution < -0.4 is 5.32 Å². The highest BCUT2D eigenvalue weighted by molar-refractivity contribution is 7.98. The van der Waals surface area contributed by atoms with Crippen LogP contribution in [0.25, 0.3) is 0 Å². The van der Waals surface area contributed by atoms with Crippen molar-refractivity contribution < 1.29 is 9.59 Å². The van der Waals surface area contributed by atoms with Gasteiger partial charge in [0.1, 0.15) is 5.54 Å². The third-order valence-corrected chi connectivity index (χ3v) is 3.32. The number of amides is 2. The average molecular weight is 230 g/mol. The van der Waals surface area contributed by atoms with Gasteiger partial charge in [-0.3, -0.25) is 9.59 Å². The van der Waals surface area contributed by atoms with Crippen molar-refractivity contribution in [2.45, 2.75) is 32.4 Å². The van der Waals surface area contributed by atoms with Gasteiger partial charge in [0.05, 0.1) is 6.54 Å². The van der Waals surface area contributed by atoms with Crippen molar-refractivity contribution in [1.82, 2.24) is 10.2 Å². The number of rotatable bonds is 3. The molecule has 0 saturated carbocycles. The molecule has 0 aromatic carbocycles. The van der Waals surface area contributed by atoms with Crippen LogP contribution in [-0.4, -0.2) is 46.8 Å². The largest absolute Gasteiger partial charge is 0.341 e. The fraction of sp³-hybridized carbons (Fsp3) is 0.800. The van der Waals surface area contributed by atoms with Crippen molar-refractivity contribution >= 4 is 23.6 Å². The molecule has 1 saturated heterocycles. The molecule has 1 rings (SSSR count). The van der Waals surface area contributed by atoms with Crippen LogP contribution >= 0.6 is 11.8 Å². The smallest absolute Gasteiger partial charge is 0.248 e.